The summed E-state index contributed by atoms with van der Waals surface area (Å²) in [6.45, 7) is 16.5. The number of rotatable bonds is 6. The van der Waals surface area contributed by atoms with Gasteiger partial charge in [0.05, 0.1) is 24.2 Å². The van der Waals surface area contributed by atoms with E-state index >= 15 is 0 Å². The van der Waals surface area contributed by atoms with Crippen LogP contribution in [0.1, 0.15) is 47.0 Å². The molecule has 3 aliphatic rings. The van der Waals surface area contributed by atoms with Gasteiger partial charge in [-0.1, -0.05) is 33.4 Å². The first-order chi connectivity index (χ1) is 13.4. The molecular weight excluding hydrogens is 386 g/mol. The summed E-state index contributed by atoms with van der Waals surface area (Å²) in [7, 11) is -2.04. The van der Waals surface area contributed by atoms with Gasteiger partial charge in [-0.05, 0) is 49.9 Å². The lowest BCUT2D eigenvalue weighted by atomic mass is 9.72. The van der Waals surface area contributed by atoms with Gasteiger partial charge in [0.1, 0.15) is 12.3 Å². The number of nitrogens with zero attached hydrogens (tertiary/aromatic N) is 1. The molecule has 0 bridgehead atoms. The van der Waals surface area contributed by atoms with Gasteiger partial charge in [0.2, 0.25) is 5.91 Å². The van der Waals surface area contributed by atoms with Gasteiger partial charge in [0.25, 0.3) is 0 Å². The molecule has 1 saturated heterocycles. The summed E-state index contributed by atoms with van der Waals surface area (Å²) in [4.78, 5) is 27.5. The molecule has 2 aliphatic heterocycles. The van der Waals surface area contributed by atoms with Crippen LogP contribution in [0.5, 0.6) is 0 Å². The fourth-order valence-corrected chi connectivity index (χ4v) is 6.18. The lowest BCUT2D eigenvalue weighted by Crippen LogP contribution is -2.65. The van der Waals surface area contributed by atoms with E-state index in [1.165, 1.54) is 6.08 Å². The molecule has 5 atom stereocenters. The number of carbonyl (C=O) groups is 2. The molecule has 1 N–H and O–H groups in total. The Hall–Kier alpha value is -1.44. The maximum atomic E-state index is 13.2. The fourth-order valence-electron chi connectivity index (χ4n) is 4.75. The number of β-lactam (4-membered cyclic amide) rings is 1. The van der Waals surface area contributed by atoms with Crippen LogP contribution in [0.3, 0.4) is 0 Å². The highest BCUT2D eigenvalue weighted by Crippen LogP contribution is 2.53. The van der Waals surface area contributed by atoms with E-state index in [1.807, 2.05) is 6.92 Å². The zero-order valence-electron chi connectivity index (χ0n) is 18.5. The Morgan fingerprint density at radius 2 is 2.03 bits per heavy atom. The molecule has 1 saturated carbocycles. The summed E-state index contributed by atoms with van der Waals surface area (Å²) in [5, 5.41) is 10.7. The average Bonchev–Trinajstić information content (AvgIpc) is 2.90. The minimum atomic E-state index is -2.04. The molecule has 1 aliphatic carbocycles. The predicted molar refractivity (Wildman–Crippen MR) is 113 cm³/mol. The topological polar surface area (TPSA) is 76.1 Å². The summed E-state index contributed by atoms with van der Waals surface area (Å²) in [6.07, 6.45) is 2.93. The molecule has 0 aromatic heterocycles. The van der Waals surface area contributed by atoms with Crippen molar-refractivity contribution in [1.29, 1.82) is 0 Å². The third kappa shape index (κ3) is 3.62. The third-order valence-corrected chi connectivity index (χ3v) is 11.8. The number of fused-ring (bicyclic) bond motifs is 3. The lowest BCUT2D eigenvalue weighted by Gasteiger charge is -2.50. The van der Waals surface area contributed by atoms with Crippen LogP contribution in [0, 0.1) is 11.8 Å². The number of ether oxygens (including phenoxy) is 1. The number of aliphatic hydroxyl groups is 1. The van der Waals surface area contributed by atoms with Crippen molar-refractivity contribution in [2.24, 2.45) is 11.8 Å². The summed E-state index contributed by atoms with van der Waals surface area (Å²) >= 11 is 0. The maximum Gasteiger partial charge on any atom is 0.355 e. The zero-order chi connectivity index (χ0) is 21.7. The average molecular weight is 422 g/mol. The van der Waals surface area contributed by atoms with Gasteiger partial charge in [-0.3, -0.25) is 4.79 Å². The van der Waals surface area contributed by atoms with Crippen molar-refractivity contribution >= 4 is 20.2 Å². The van der Waals surface area contributed by atoms with Crippen molar-refractivity contribution in [3.63, 3.8) is 0 Å². The molecular formula is C22H35NO5Si. The Kier molecular flexibility index (Phi) is 5.88. The Morgan fingerprint density at radius 1 is 1.38 bits per heavy atom. The van der Waals surface area contributed by atoms with Gasteiger partial charge < -0.3 is 19.2 Å². The van der Waals surface area contributed by atoms with E-state index in [2.05, 4.69) is 40.4 Å². The van der Waals surface area contributed by atoms with E-state index < -0.39 is 20.4 Å². The Morgan fingerprint density at radius 3 is 2.62 bits per heavy atom. The number of hydrogen-bond acceptors (Lipinski definition) is 5. The van der Waals surface area contributed by atoms with Crippen LogP contribution in [0.2, 0.25) is 18.1 Å². The van der Waals surface area contributed by atoms with Crippen molar-refractivity contribution in [3.05, 3.63) is 23.9 Å². The molecule has 6 nitrogen and oxygen atoms in total. The van der Waals surface area contributed by atoms with E-state index in [1.54, 1.807) is 4.90 Å². The molecule has 7 heteroatoms. The maximum absolute atomic E-state index is 13.2. The van der Waals surface area contributed by atoms with Crippen molar-refractivity contribution in [1.82, 2.24) is 4.90 Å². The van der Waals surface area contributed by atoms with Crippen molar-refractivity contribution in [2.75, 3.05) is 6.61 Å². The van der Waals surface area contributed by atoms with E-state index in [0.717, 1.165) is 12.8 Å². The summed E-state index contributed by atoms with van der Waals surface area (Å²) in [5.41, 5.74) is 0.945. The van der Waals surface area contributed by atoms with E-state index in [4.69, 9.17) is 9.16 Å². The summed E-state index contributed by atoms with van der Waals surface area (Å²) in [6, 6.07) is -0.126. The van der Waals surface area contributed by atoms with E-state index in [0.29, 0.717) is 12.0 Å². The Bertz CT molecular complexity index is 738. The van der Waals surface area contributed by atoms with Crippen molar-refractivity contribution in [3.8, 4) is 0 Å². The van der Waals surface area contributed by atoms with E-state index in [9.17, 15) is 14.7 Å². The zero-order valence-corrected chi connectivity index (χ0v) is 19.5. The standard InChI is InChI=1S/C22H35NO5Si/c1-8-12-27-21(26)19-17-14(10-9-11-15(17)24)18-16(20(25)23(18)19)13(2)28-29(6,7)22(3,4)5/h8,13-16,18,24H,1,9-12H2,2-7H3. The molecule has 1 amide bonds. The molecule has 3 rings (SSSR count). The molecule has 0 radical (unpaired) electrons. The Labute approximate surface area is 175 Å². The normalized spacial score (nSPS) is 30.4. The first kappa shape index (κ1) is 22.2. The van der Waals surface area contributed by atoms with E-state index in [-0.39, 0.29) is 47.2 Å². The molecule has 0 spiro atoms. The molecule has 2 fully saturated rings. The fraction of sp³-hybridized carbons (Fsp3) is 0.727. The Balaban J connectivity index is 1.88. The number of hydrogen-bond donors (Lipinski definition) is 1. The van der Waals surface area contributed by atoms with Crippen LogP contribution in [0.4, 0.5) is 0 Å². The highest BCUT2D eigenvalue weighted by atomic mass is 28.4. The molecule has 0 aromatic rings. The summed E-state index contributed by atoms with van der Waals surface area (Å²) < 4.78 is 11.8. The van der Waals surface area contributed by atoms with Gasteiger partial charge in [0, 0.05) is 5.92 Å². The second kappa shape index (κ2) is 7.67. The number of amides is 1. The second-order valence-corrected chi connectivity index (χ2v) is 14.8. The second-order valence-electron chi connectivity index (χ2n) is 10.1. The van der Waals surface area contributed by atoms with Gasteiger partial charge in [0.15, 0.2) is 8.32 Å². The summed E-state index contributed by atoms with van der Waals surface area (Å²) in [5.74, 6) is -0.934. The van der Waals surface area contributed by atoms with Crippen molar-refractivity contribution in [2.45, 2.75) is 83.3 Å². The van der Waals surface area contributed by atoms with Crippen LogP contribution in [0.15, 0.2) is 23.9 Å². The highest BCUT2D eigenvalue weighted by Gasteiger charge is 2.63. The largest absolute Gasteiger partial charge is 0.457 e. The van der Waals surface area contributed by atoms with Crippen LogP contribution >= 0.6 is 0 Å². The smallest absolute Gasteiger partial charge is 0.355 e. The van der Waals surface area contributed by atoms with Gasteiger partial charge in [-0.15, -0.1) is 0 Å². The van der Waals surface area contributed by atoms with Gasteiger partial charge in [-0.25, -0.2) is 4.79 Å². The van der Waals surface area contributed by atoms with Crippen molar-refractivity contribution < 1.29 is 23.9 Å². The quantitative estimate of drug-likeness (QED) is 0.308. The van der Waals surface area contributed by atoms with Gasteiger partial charge >= 0.3 is 5.97 Å². The highest BCUT2D eigenvalue weighted by molar-refractivity contribution is 6.74. The SMILES string of the molecule is C=CCOC(=O)C1=C2C(O)CCCC2C2C(C(C)O[Si](C)(C)C(C)(C)C)C(=O)N12. The first-order valence-corrected chi connectivity index (χ1v) is 13.5. The number of aliphatic hydroxyl groups excluding tert-OH is 1. The lowest BCUT2D eigenvalue weighted by molar-refractivity contribution is -0.163. The number of carbonyl (C=O) groups excluding carboxylic acids is 2. The minimum absolute atomic E-state index is 0.00167. The minimum Gasteiger partial charge on any atom is -0.457 e. The number of esters is 1. The molecule has 5 unspecified atom stereocenters. The van der Waals surface area contributed by atoms with Crippen LogP contribution in [-0.2, 0) is 18.8 Å². The molecule has 0 aromatic carbocycles. The first-order valence-electron chi connectivity index (χ1n) is 10.6. The predicted octanol–water partition coefficient (Wildman–Crippen LogP) is 3.38. The third-order valence-electron chi connectivity index (χ3n) is 7.18. The monoisotopic (exact) mass is 421 g/mol. The van der Waals surface area contributed by atoms with Crippen LogP contribution in [0.25, 0.3) is 0 Å². The van der Waals surface area contributed by atoms with Crippen LogP contribution < -0.4 is 0 Å². The van der Waals surface area contributed by atoms with Gasteiger partial charge in [-0.2, -0.15) is 0 Å². The van der Waals surface area contributed by atoms with Crippen LogP contribution in [-0.4, -0.2) is 55.1 Å². The molecule has 162 valence electrons. The molecule has 2 heterocycles. The molecule has 29 heavy (non-hydrogen) atoms.